The van der Waals surface area contributed by atoms with Crippen molar-refractivity contribution in [2.75, 3.05) is 32.0 Å². The van der Waals surface area contributed by atoms with Gasteiger partial charge in [-0.05, 0) is 32.1 Å². The maximum Gasteiger partial charge on any atom is 0.238 e. The van der Waals surface area contributed by atoms with E-state index in [9.17, 15) is 4.79 Å². The van der Waals surface area contributed by atoms with Crippen LogP contribution >= 0.6 is 24.0 Å². The first-order valence-corrected chi connectivity index (χ1v) is 6.50. The van der Waals surface area contributed by atoms with Gasteiger partial charge in [0.2, 0.25) is 5.91 Å². The average Bonchev–Trinajstić information content (AvgIpc) is 2.85. The predicted molar refractivity (Wildman–Crippen MR) is 81.2 cm³/mol. The lowest BCUT2D eigenvalue weighted by atomic mass is 10.2. The second-order valence-corrected chi connectivity index (χ2v) is 5.00. The third-order valence-electron chi connectivity index (χ3n) is 3.20. The minimum absolute atomic E-state index is 0. The lowest BCUT2D eigenvalue weighted by Gasteiger charge is -2.22. The molecule has 1 atom stereocenters. The predicted octanol–water partition coefficient (Wildman–Crippen LogP) is 1.99. The highest BCUT2D eigenvalue weighted by molar-refractivity contribution is 6.33. The molecule has 2 N–H and O–H groups in total. The number of likely N-dealkylation sites (N-methyl/N-ethyl adjacent to an activating group) is 1. The summed E-state index contributed by atoms with van der Waals surface area (Å²) in [5, 5.41) is 6.69. The van der Waals surface area contributed by atoms with Gasteiger partial charge in [0.1, 0.15) is 0 Å². The lowest BCUT2D eigenvalue weighted by Crippen LogP contribution is -2.39. The van der Waals surface area contributed by atoms with Gasteiger partial charge in [-0.3, -0.25) is 9.69 Å². The molecule has 0 bridgehead atoms. The molecule has 106 valence electrons. The van der Waals surface area contributed by atoms with E-state index in [1.807, 2.05) is 19.2 Å². The number of anilines is 1. The van der Waals surface area contributed by atoms with Gasteiger partial charge in [0, 0.05) is 12.6 Å². The number of carbonyl (C=O) groups excluding carboxylic acids is 1. The van der Waals surface area contributed by atoms with Crippen LogP contribution < -0.4 is 10.6 Å². The minimum atomic E-state index is -0.0301. The maximum atomic E-state index is 11.9. The molecule has 0 radical (unpaired) electrons. The minimum Gasteiger partial charge on any atom is -0.324 e. The van der Waals surface area contributed by atoms with Gasteiger partial charge in [-0.1, -0.05) is 23.7 Å². The van der Waals surface area contributed by atoms with Crippen molar-refractivity contribution in [1.82, 2.24) is 10.2 Å². The third-order valence-corrected chi connectivity index (χ3v) is 3.53. The van der Waals surface area contributed by atoms with Crippen LogP contribution in [0.15, 0.2) is 24.3 Å². The van der Waals surface area contributed by atoms with Gasteiger partial charge in [-0.25, -0.2) is 0 Å². The van der Waals surface area contributed by atoms with Crippen molar-refractivity contribution in [3.05, 3.63) is 29.3 Å². The second-order valence-electron chi connectivity index (χ2n) is 4.59. The van der Waals surface area contributed by atoms with Crippen LogP contribution in [0.4, 0.5) is 5.69 Å². The number of amides is 1. The van der Waals surface area contributed by atoms with Gasteiger partial charge in [-0.2, -0.15) is 0 Å². The zero-order valence-corrected chi connectivity index (χ0v) is 12.4. The molecule has 0 spiro atoms. The van der Waals surface area contributed by atoms with E-state index in [1.165, 1.54) is 0 Å². The molecule has 1 amide bonds. The molecule has 1 aromatic rings. The molecular weight excluding hydrogens is 285 g/mol. The number of carbonyl (C=O) groups is 1. The summed E-state index contributed by atoms with van der Waals surface area (Å²) in [6, 6.07) is 7.71. The van der Waals surface area contributed by atoms with E-state index in [2.05, 4.69) is 15.5 Å². The number of hydrogen-bond donors (Lipinski definition) is 2. The summed E-state index contributed by atoms with van der Waals surface area (Å²) < 4.78 is 0. The van der Waals surface area contributed by atoms with Crippen LogP contribution in [0, 0.1) is 0 Å². The molecule has 0 aromatic heterocycles. The molecule has 0 aliphatic carbocycles. The van der Waals surface area contributed by atoms with Gasteiger partial charge in [0.05, 0.1) is 17.3 Å². The third kappa shape index (κ3) is 4.66. The highest BCUT2D eigenvalue weighted by Gasteiger charge is 2.20. The molecule has 1 aliphatic rings. The van der Waals surface area contributed by atoms with Crippen molar-refractivity contribution in [2.24, 2.45) is 0 Å². The molecule has 1 unspecified atom stereocenters. The van der Waals surface area contributed by atoms with E-state index in [1.54, 1.807) is 12.1 Å². The number of benzene rings is 1. The largest absolute Gasteiger partial charge is 0.324 e. The van der Waals surface area contributed by atoms with E-state index >= 15 is 0 Å². The Bertz CT molecular complexity index is 422. The quantitative estimate of drug-likeness (QED) is 0.894. The molecule has 1 saturated heterocycles. The first-order valence-electron chi connectivity index (χ1n) is 6.12. The van der Waals surface area contributed by atoms with Crippen LogP contribution in [-0.4, -0.2) is 43.5 Å². The molecule has 6 heteroatoms. The first kappa shape index (κ1) is 16.2. The summed E-state index contributed by atoms with van der Waals surface area (Å²) >= 11 is 5.99. The summed E-state index contributed by atoms with van der Waals surface area (Å²) in [7, 11) is 1.98. The van der Waals surface area contributed by atoms with Gasteiger partial charge < -0.3 is 10.6 Å². The van der Waals surface area contributed by atoms with Crippen molar-refractivity contribution in [2.45, 2.75) is 12.5 Å². The fraction of sp³-hybridized carbons (Fsp3) is 0.462. The molecule has 2 rings (SSSR count). The van der Waals surface area contributed by atoms with Gasteiger partial charge in [0.15, 0.2) is 0 Å². The zero-order valence-electron chi connectivity index (χ0n) is 10.9. The number of nitrogens with zero attached hydrogens (tertiary/aromatic N) is 1. The van der Waals surface area contributed by atoms with E-state index in [0.29, 0.717) is 23.3 Å². The Labute approximate surface area is 124 Å². The Morgan fingerprint density at radius 3 is 2.89 bits per heavy atom. The number of nitrogens with one attached hydrogen (secondary N) is 2. The maximum absolute atomic E-state index is 11.9. The van der Waals surface area contributed by atoms with Crippen LogP contribution in [0.2, 0.25) is 5.02 Å². The highest BCUT2D eigenvalue weighted by atomic mass is 35.5. The fourth-order valence-corrected chi connectivity index (χ4v) is 2.31. The summed E-state index contributed by atoms with van der Waals surface area (Å²) in [6.07, 6.45) is 1.09. The van der Waals surface area contributed by atoms with E-state index in [0.717, 1.165) is 19.5 Å². The molecule has 1 heterocycles. The smallest absolute Gasteiger partial charge is 0.238 e. The molecular formula is C13H19Cl2N3O. The summed E-state index contributed by atoms with van der Waals surface area (Å²) in [5.74, 6) is -0.0301. The Hall–Kier alpha value is -0.810. The van der Waals surface area contributed by atoms with Crippen molar-refractivity contribution in [3.8, 4) is 0 Å². The second kappa shape index (κ2) is 7.70. The summed E-state index contributed by atoms with van der Waals surface area (Å²) in [5.41, 5.74) is 0.669. The van der Waals surface area contributed by atoms with Crippen LogP contribution in [0.25, 0.3) is 0 Å². The van der Waals surface area contributed by atoms with Crippen molar-refractivity contribution >= 4 is 35.6 Å². The summed E-state index contributed by atoms with van der Waals surface area (Å²) in [4.78, 5) is 14.0. The lowest BCUT2D eigenvalue weighted by molar-refractivity contribution is -0.117. The topological polar surface area (TPSA) is 44.4 Å². The number of hydrogen-bond acceptors (Lipinski definition) is 3. The van der Waals surface area contributed by atoms with Gasteiger partial charge in [-0.15, -0.1) is 12.4 Å². The van der Waals surface area contributed by atoms with Gasteiger partial charge >= 0.3 is 0 Å². The molecule has 1 fully saturated rings. The van der Waals surface area contributed by atoms with Crippen LogP contribution in [0.1, 0.15) is 6.42 Å². The highest BCUT2D eigenvalue weighted by Crippen LogP contribution is 2.20. The van der Waals surface area contributed by atoms with Crippen LogP contribution in [0.5, 0.6) is 0 Å². The normalized spacial score (nSPS) is 18.2. The van der Waals surface area contributed by atoms with Crippen LogP contribution in [-0.2, 0) is 4.79 Å². The van der Waals surface area contributed by atoms with Crippen molar-refractivity contribution in [1.29, 1.82) is 0 Å². The SMILES string of the molecule is CN(CC(=O)Nc1ccccc1Cl)C1CCNC1.Cl. The van der Waals surface area contributed by atoms with E-state index in [-0.39, 0.29) is 18.3 Å². The van der Waals surface area contributed by atoms with Crippen LogP contribution in [0.3, 0.4) is 0 Å². The molecule has 4 nitrogen and oxygen atoms in total. The number of rotatable bonds is 4. The van der Waals surface area contributed by atoms with Crippen molar-refractivity contribution in [3.63, 3.8) is 0 Å². The molecule has 19 heavy (non-hydrogen) atoms. The standard InChI is InChI=1S/C13H18ClN3O.ClH/c1-17(10-6-7-15-8-10)9-13(18)16-12-5-3-2-4-11(12)14;/h2-5,10,15H,6-9H2,1H3,(H,16,18);1H. The Balaban J connectivity index is 0.00000180. The zero-order chi connectivity index (χ0) is 13.0. The number of para-hydroxylation sites is 1. The molecule has 1 aliphatic heterocycles. The van der Waals surface area contributed by atoms with Crippen molar-refractivity contribution < 1.29 is 4.79 Å². The first-order chi connectivity index (χ1) is 8.66. The Kier molecular flexibility index (Phi) is 6.58. The Morgan fingerprint density at radius 2 is 2.26 bits per heavy atom. The van der Waals surface area contributed by atoms with E-state index < -0.39 is 0 Å². The average molecular weight is 304 g/mol. The van der Waals surface area contributed by atoms with E-state index in [4.69, 9.17) is 11.6 Å². The Morgan fingerprint density at radius 1 is 1.53 bits per heavy atom. The number of halogens is 2. The summed E-state index contributed by atoms with van der Waals surface area (Å²) in [6.45, 7) is 2.37. The van der Waals surface area contributed by atoms with Gasteiger partial charge in [0.25, 0.3) is 0 Å². The molecule has 0 saturated carbocycles. The molecule has 1 aromatic carbocycles. The fourth-order valence-electron chi connectivity index (χ4n) is 2.12. The monoisotopic (exact) mass is 303 g/mol.